The lowest BCUT2D eigenvalue weighted by Crippen LogP contribution is -2.57. The predicted molar refractivity (Wildman–Crippen MR) is 141 cm³/mol. The number of allylic oxidation sites excluding steroid dienone is 3. The Hall–Kier alpha value is -2.94. The van der Waals surface area contributed by atoms with Crippen molar-refractivity contribution in [2.45, 2.75) is 103 Å². The van der Waals surface area contributed by atoms with Gasteiger partial charge in [0.25, 0.3) is 0 Å². The maximum absolute atomic E-state index is 12.9. The van der Waals surface area contributed by atoms with Crippen LogP contribution in [0.15, 0.2) is 36.5 Å². The van der Waals surface area contributed by atoms with Crippen LogP contribution in [-0.4, -0.2) is 59.5 Å². The van der Waals surface area contributed by atoms with Crippen LogP contribution < -0.4 is 21.3 Å². The van der Waals surface area contributed by atoms with Gasteiger partial charge in [-0.2, -0.15) is 0 Å². The summed E-state index contributed by atoms with van der Waals surface area (Å²) in [5.74, 6) is -1.76. The summed E-state index contributed by atoms with van der Waals surface area (Å²) in [6.45, 7) is 5.77. The fraction of sp³-hybridized carbons (Fsp3) is 0.630. The minimum Gasteiger partial charge on any atom is -0.391 e. The lowest BCUT2D eigenvalue weighted by atomic mass is 10.1. The van der Waals surface area contributed by atoms with Crippen molar-refractivity contribution in [3.05, 3.63) is 36.5 Å². The van der Waals surface area contributed by atoms with Crippen molar-refractivity contribution in [2.75, 3.05) is 6.54 Å². The first-order chi connectivity index (χ1) is 17.2. The average Bonchev–Trinajstić information content (AvgIpc) is 2.83. The highest BCUT2D eigenvalue weighted by molar-refractivity contribution is 5.95. The number of nitrogens with one attached hydrogen (secondary N) is 4. The average molecular weight is 505 g/mol. The molecule has 1 rings (SSSR count). The predicted octanol–water partition coefficient (Wildman–Crippen LogP) is 2.17. The van der Waals surface area contributed by atoms with Gasteiger partial charge in [0.05, 0.1) is 6.10 Å². The van der Waals surface area contributed by atoms with Gasteiger partial charge in [0.2, 0.25) is 23.6 Å². The van der Waals surface area contributed by atoms with E-state index in [0.717, 1.165) is 12.8 Å². The van der Waals surface area contributed by atoms with E-state index in [2.05, 4.69) is 28.2 Å². The Morgan fingerprint density at radius 2 is 1.92 bits per heavy atom. The highest BCUT2D eigenvalue weighted by atomic mass is 16.3. The molecule has 9 nitrogen and oxygen atoms in total. The van der Waals surface area contributed by atoms with Gasteiger partial charge in [-0.25, -0.2) is 0 Å². The van der Waals surface area contributed by atoms with E-state index in [4.69, 9.17) is 0 Å². The summed E-state index contributed by atoms with van der Waals surface area (Å²) in [4.78, 5) is 49.6. The van der Waals surface area contributed by atoms with Crippen LogP contribution in [0.5, 0.6) is 0 Å². The zero-order valence-electron chi connectivity index (χ0n) is 21.9. The summed E-state index contributed by atoms with van der Waals surface area (Å²) >= 11 is 0. The largest absolute Gasteiger partial charge is 0.391 e. The van der Waals surface area contributed by atoms with Gasteiger partial charge in [-0.15, -0.1) is 0 Å². The SMILES string of the molecule is CCCCCCC/C=C/C=C/C(=O)NC(C(=O)NC1CCCCNC(=O)/C=C/[C@H](C)NC1=O)[C@@H](C)O. The maximum Gasteiger partial charge on any atom is 0.245 e. The van der Waals surface area contributed by atoms with Crippen LogP contribution >= 0.6 is 0 Å². The number of hydrogen-bond donors (Lipinski definition) is 5. The van der Waals surface area contributed by atoms with E-state index in [0.29, 0.717) is 25.8 Å². The van der Waals surface area contributed by atoms with Crippen LogP contribution in [0.25, 0.3) is 0 Å². The van der Waals surface area contributed by atoms with Crippen LogP contribution in [-0.2, 0) is 19.2 Å². The third kappa shape index (κ3) is 13.8. The van der Waals surface area contributed by atoms with E-state index < -0.39 is 42.0 Å². The lowest BCUT2D eigenvalue weighted by Gasteiger charge is -2.25. The molecule has 0 aromatic rings. The normalized spacial score (nSPS) is 22.1. The molecule has 1 aliphatic heterocycles. The third-order valence-corrected chi connectivity index (χ3v) is 5.79. The number of aliphatic hydroxyl groups is 1. The van der Waals surface area contributed by atoms with Crippen molar-refractivity contribution in [1.82, 2.24) is 21.3 Å². The molecule has 0 aromatic heterocycles. The van der Waals surface area contributed by atoms with E-state index in [9.17, 15) is 24.3 Å². The van der Waals surface area contributed by atoms with E-state index in [1.807, 2.05) is 6.08 Å². The quantitative estimate of drug-likeness (QED) is 0.158. The number of aliphatic hydroxyl groups excluding tert-OH is 1. The van der Waals surface area contributed by atoms with Gasteiger partial charge in [0, 0.05) is 24.7 Å². The third-order valence-electron chi connectivity index (χ3n) is 5.79. The molecule has 2 unspecified atom stereocenters. The monoisotopic (exact) mass is 504 g/mol. The fourth-order valence-corrected chi connectivity index (χ4v) is 3.67. The van der Waals surface area contributed by atoms with Crippen LogP contribution in [0.1, 0.15) is 78.6 Å². The second kappa shape index (κ2) is 18.3. The van der Waals surface area contributed by atoms with E-state index in [-0.39, 0.29) is 5.91 Å². The molecule has 36 heavy (non-hydrogen) atoms. The lowest BCUT2D eigenvalue weighted by molar-refractivity contribution is -0.133. The number of hydrogen-bond acceptors (Lipinski definition) is 5. The van der Waals surface area contributed by atoms with Gasteiger partial charge in [0.15, 0.2) is 0 Å². The molecule has 1 heterocycles. The Kier molecular flexibility index (Phi) is 15.8. The molecular formula is C27H44N4O5. The van der Waals surface area contributed by atoms with Crippen molar-refractivity contribution >= 4 is 23.6 Å². The molecule has 202 valence electrons. The first kappa shape index (κ1) is 31.1. The number of carbonyl (C=O) groups is 4. The molecule has 0 aromatic carbocycles. The van der Waals surface area contributed by atoms with E-state index in [1.54, 1.807) is 25.2 Å². The molecule has 0 aliphatic carbocycles. The number of amides is 4. The zero-order chi connectivity index (χ0) is 26.8. The van der Waals surface area contributed by atoms with Crippen LogP contribution in [0, 0.1) is 0 Å². The summed E-state index contributed by atoms with van der Waals surface area (Å²) in [7, 11) is 0. The highest BCUT2D eigenvalue weighted by Crippen LogP contribution is 2.06. The van der Waals surface area contributed by atoms with Crippen molar-refractivity contribution in [1.29, 1.82) is 0 Å². The van der Waals surface area contributed by atoms with Gasteiger partial charge < -0.3 is 26.4 Å². The second-order valence-corrected chi connectivity index (χ2v) is 9.22. The second-order valence-electron chi connectivity index (χ2n) is 9.22. The Morgan fingerprint density at radius 1 is 1.17 bits per heavy atom. The molecular weight excluding hydrogens is 460 g/mol. The van der Waals surface area contributed by atoms with Crippen molar-refractivity contribution in [3.8, 4) is 0 Å². The Morgan fingerprint density at radius 3 is 2.64 bits per heavy atom. The Bertz CT molecular complexity index is 791. The van der Waals surface area contributed by atoms with Crippen molar-refractivity contribution < 1.29 is 24.3 Å². The maximum atomic E-state index is 12.9. The summed E-state index contributed by atoms with van der Waals surface area (Å²) in [6, 6.07) is -2.46. The van der Waals surface area contributed by atoms with Crippen LogP contribution in [0.3, 0.4) is 0 Å². The number of rotatable bonds is 12. The number of unbranched alkanes of at least 4 members (excludes halogenated alkanes) is 5. The molecule has 4 atom stereocenters. The molecule has 0 fully saturated rings. The molecule has 0 saturated heterocycles. The van der Waals surface area contributed by atoms with Crippen LogP contribution in [0.2, 0.25) is 0 Å². The Balaban J connectivity index is 2.66. The topological polar surface area (TPSA) is 137 Å². The molecule has 5 N–H and O–H groups in total. The first-order valence-electron chi connectivity index (χ1n) is 13.1. The minimum absolute atomic E-state index is 0.219. The fourth-order valence-electron chi connectivity index (χ4n) is 3.67. The first-order valence-corrected chi connectivity index (χ1v) is 13.1. The molecule has 0 bridgehead atoms. The molecule has 1 aliphatic rings. The smallest absolute Gasteiger partial charge is 0.245 e. The minimum atomic E-state index is -1.21. The number of carbonyl (C=O) groups excluding carboxylic acids is 4. The van der Waals surface area contributed by atoms with Gasteiger partial charge in [-0.05, 0) is 46.0 Å². The van der Waals surface area contributed by atoms with E-state index >= 15 is 0 Å². The summed E-state index contributed by atoms with van der Waals surface area (Å²) < 4.78 is 0. The zero-order valence-corrected chi connectivity index (χ0v) is 21.9. The van der Waals surface area contributed by atoms with Crippen molar-refractivity contribution in [3.63, 3.8) is 0 Å². The molecule has 0 radical (unpaired) electrons. The molecule has 0 saturated carbocycles. The molecule has 4 amide bonds. The molecule has 0 spiro atoms. The molecule has 9 heteroatoms. The van der Waals surface area contributed by atoms with Gasteiger partial charge in [-0.1, -0.05) is 56.9 Å². The van der Waals surface area contributed by atoms with Gasteiger partial charge >= 0.3 is 0 Å². The summed E-state index contributed by atoms with van der Waals surface area (Å²) in [6.07, 6.45) is 17.0. The van der Waals surface area contributed by atoms with E-state index in [1.165, 1.54) is 44.8 Å². The van der Waals surface area contributed by atoms with Crippen LogP contribution in [0.4, 0.5) is 0 Å². The van der Waals surface area contributed by atoms with Gasteiger partial charge in [0.1, 0.15) is 12.1 Å². The highest BCUT2D eigenvalue weighted by Gasteiger charge is 2.29. The van der Waals surface area contributed by atoms with Crippen molar-refractivity contribution in [2.24, 2.45) is 0 Å². The van der Waals surface area contributed by atoms with Gasteiger partial charge in [-0.3, -0.25) is 19.2 Å². The Labute approximate surface area is 215 Å². The summed E-state index contributed by atoms with van der Waals surface area (Å²) in [5.41, 5.74) is 0. The summed E-state index contributed by atoms with van der Waals surface area (Å²) in [5, 5.41) is 20.8. The standard InChI is InChI=1S/C27H44N4O5/c1-4-5-6-7-8-9-10-11-12-16-24(34)31-25(21(3)32)27(36)30-22-15-13-14-19-28-23(33)18-17-20(2)29-26(22)35/h10-12,16-18,20-22,25,32H,4-9,13-15,19H2,1-3H3,(H,28,33)(H,29,35)(H,30,36)(H,31,34)/b11-10+,16-12+,18-17+/t20-,21+,22?,25?/m0/s1.